The summed E-state index contributed by atoms with van der Waals surface area (Å²) in [6.07, 6.45) is 0. The maximum Gasteiger partial charge on any atom is 0.243 e. The molecule has 9 heteroatoms. The van der Waals surface area contributed by atoms with Crippen LogP contribution in [-0.4, -0.2) is 25.2 Å². The number of benzene rings is 3. The molecule has 0 heterocycles. The van der Waals surface area contributed by atoms with Crippen LogP contribution in [0.5, 0.6) is 0 Å². The molecule has 0 aliphatic rings. The fraction of sp³-hybridized carbons (Fsp3) is 0.174. The third kappa shape index (κ3) is 6.07. The van der Waals surface area contributed by atoms with E-state index in [-0.39, 0.29) is 23.0 Å². The molecule has 0 spiro atoms. The van der Waals surface area contributed by atoms with Crippen LogP contribution in [0.1, 0.15) is 24.1 Å². The molecule has 0 bridgehead atoms. The van der Waals surface area contributed by atoms with Gasteiger partial charge in [-0.1, -0.05) is 53.5 Å². The largest absolute Gasteiger partial charge is 0.348 e. The normalized spacial score (nSPS) is 12.5. The van der Waals surface area contributed by atoms with Gasteiger partial charge in [0.15, 0.2) is 0 Å². The highest BCUT2D eigenvalue weighted by Gasteiger charge is 2.28. The molecule has 0 aliphatic heterocycles. The van der Waals surface area contributed by atoms with Gasteiger partial charge in [-0.3, -0.25) is 4.79 Å². The zero-order valence-electron chi connectivity index (χ0n) is 17.1. The monoisotopic (exact) mass is 494 g/mol. The fourth-order valence-corrected chi connectivity index (χ4v) is 4.71. The molecule has 168 valence electrons. The van der Waals surface area contributed by atoms with Crippen molar-refractivity contribution < 1.29 is 17.6 Å². The lowest BCUT2D eigenvalue weighted by Gasteiger charge is -2.23. The maximum absolute atomic E-state index is 14.2. The van der Waals surface area contributed by atoms with Crippen molar-refractivity contribution in [1.29, 1.82) is 0 Å². The van der Waals surface area contributed by atoms with E-state index >= 15 is 0 Å². The van der Waals surface area contributed by atoms with E-state index in [1.54, 1.807) is 37.3 Å². The van der Waals surface area contributed by atoms with Gasteiger partial charge in [-0.2, -0.15) is 4.31 Å². The Hall–Kier alpha value is -2.45. The first-order valence-electron chi connectivity index (χ1n) is 9.71. The van der Waals surface area contributed by atoms with Crippen LogP contribution in [0, 0.1) is 5.82 Å². The van der Waals surface area contributed by atoms with Gasteiger partial charge in [-0.15, -0.1) is 0 Å². The molecule has 0 saturated heterocycles. The number of nitrogens with one attached hydrogen (secondary N) is 1. The van der Waals surface area contributed by atoms with Gasteiger partial charge in [0.2, 0.25) is 15.9 Å². The summed E-state index contributed by atoms with van der Waals surface area (Å²) in [6.45, 7) is 0.980. The molecule has 0 aromatic heterocycles. The molecule has 0 unspecified atom stereocenters. The van der Waals surface area contributed by atoms with Crippen LogP contribution in [-0.2, 0) is 21.4 Å². The molecule has 3 aromatic carbocycles. The Morgan fingerprint density at radius 3 is 2.12 bits per heavy atom. The summed E-state index contributed by atoms with van der Waals surface area (Å²) in [4.78, 5) is 12.7. The minimum atomic E-state index is -4.10. The number of halogens is 3. The molecular weight excluding hydrogens is 474 g/mol. The molecular formula is C23H21Cl2FN2O3S. The fourth-order valence-electron chi connectivity index (χ4n) is 3.08. The Bertz CT molecular complexity index is 1190. The summed E-state index contributed by atoms with van der Waals surface area (Å²) >= 11 is 11.8. The first kappa shape index (κ1) is 24.2. The van der Waals surface area contributed by atoms with Crippen LogP contribution in [0.25, 0.3) is 0 Å². The summed E-state index contributed by atoms with van der Waals surface area (Å²) in [5, 5.41) is 3.72. The Morgan fingerprint density at radius 1 is 0.969 bits per heavy atom. The molecule has 3 aromatic rings. The lowest BCUT2D eigenvalue weighted by molar-refractivity contribution is -0.122. The number of carbonyl (C=O) groups is 1. The minimum absolute atomic E-state index is 0.0446. The summed E-state index contributed by atoms with van der Waals surface area (Å²) in [7, 11) is -4.10. The number of hydrogen-bond donors (Lipinski definition) is 1. The van der Waals surface area contributed by atoms with E-state index in [4.69, 9.17) is 23.2 Å². The predicted octanol–water partition coefficient (Wildman–Crippen LogP) is 5.20. The number of rotatable bonds is 8. The number of amides is 1. The van der Waals surface area contributed by atoms with Gasteiger partial charge >= 0.3 is 0 Å². The third-order valence-corrected chi connectivity index (χ3v) is 7.13. The standard InChI is InChI=1S/C23H21Cl2FN2O3S/c1-16(17-6-8-19(24)9-7-17)27-23(29)15-28(14-18-4-2-3-5-22(18)26)32(30,31)21-12-10-20(25)11-13-21/h2-13,16H,14-15H2,1H3,(H,27,29)/t16-/m0/s1. The number of nitrogens with zero attached hydrogens (tertiary/aromatic N) is 1. The van der Waals surface area contributed by atoms with Crippen LogP contribution >= 0.6 is 23.2 Å². The van der Waals surface area contributed by atoms with Crippen LogP contribution in [0.15, 0.2) is 77.7 Å². The van der Waals surface area contributed by atoms with Crippen molar-refractivity contribution in [2.75, 3.05) is 6.54 Å². The van der Waals surface area contributed by atoms with Crippen molar-refractivity contribution >= 4 is 39.1 Å². The van der Waals surface area contributed by atoms with E-state index in [1.165, 1.54) is 42.5 Å². The van der Waals surface area contributed by atoms with Crippen LogP contribution in [0.3, 0.4) is 0 Å². The van der Waals surface area contributed by atoms with E-state index in [1.807, 2.05) is 0 Å². The number of hydrogen-bond acceptors (Lipinski definition) is 3. The smallest absolute Gasteiger partial charge is 0.243 e. The molecule has 1 atom stereocenters. The molecule has 0 fully saturated rings. The van der Waals surface area contributed by atoms with Gasteiger partial charge < -0.3 is 5.32 Å². The van der Waals surface area contributed by atoms with Crippen LogP contribution in [0.2, 0.25) is 10.0 Å². The van der Waals surface area contributed by atoms with Gasteiger partial charge in [0.1, 0.15) is 5.82 Å². The van der Waals surface area contributed by atoms with Crippen molar-refractivity contribution in [2.24, 2.45) is 0 Å². The highest BCUT2D eigenvalue weighted by atomic mass is 35.5. The van der Waals surface area contributed by atoms with Gasteiger partial charge in [0.25, 0.3) is 0 Å². The summed E-state index contributed by atoms with van der Waals surface area (Å²) in [5.74, 6) is -1.08. The van der Waals surface area contributed by atoms with Crippen molar-refractivity contribution in [2.45, 2.75) is 24.4 Å². The number of carbonyl (C=O) groups excluding carboxylic acids is 1. The summed E-state index contributed by atoms with van der Waals surface area (Å²) < 4.78 is 41.7. The molecule has 3 rings (SSSR count). The molecule has 0 saturated carbocycles. The Labute approximate surface area is 196 Å². The molecule has 1 amide bonds. The van der Waals surface area contributed by atoms with E-state index in [2.05, 4.69) is 5.32 Å². The first-order chi connectivity index (χ1) is 15.2. The van der Waals surface area contributed by atoms with Crippen LogP contribution < -0.4 is 5.32 Å². The van der Waals surface area contributed by atoms with Crippen molar-refractivity contribution in [3.8, 4) is 0 Å². The predicted molar refractivity (Wildman–Crippen MR) is 123 cm³/mol. The zero-order chi connectivity index (χ0) is 23.3. The minimum Gasteiger partial charge on any atom is -0.348 e. The second-order valence-corrected chi connectivity index (χ2v) is 9.97. The van der Waals surface area contributed by atoms with E-state index in [0.717, 1.165) is 9.87 Å². The summed E-state index contributed by atoms with van der Waals surface area (Å²) in [5.41, 5.74) is 0.965. The van der Waals surface area contributed by atoms with E-state index in [0.29, 0.717) is 10.0 Å². The summed E-state index contributed by atoms with van der Waals surface area (Å²) in [6, 6.07) is 18.0. The Morgan fingerprint density at radius 2 is 1.53 bits per heavy atom. The van der Waals surface area contributed by atoms with Gasteiger partial charge in [-0.25, -0.2) is 12.8 Å². The topological polar surface area (TPSA) is 66.5 Å². The second-order valence-electron chi connectivity index (χ2n) is 7.16. The first-order valence-corrected chi connectivity index (χ1v) is 11.9. The molecule has 32 heavy (non-hydrogen) atoms. The highest BCUT2D eigenvalue weighted by molar-refractivity contribution is 7.89. The average molecular weight is 495 g/mol. The second kappa shape index (κ2) is 10.4. The molecule has 5 nitrogen and oxygen atoms in total. The molecule has 0 aliphatic carbocycles. The van der Waals surface area contributed by atoms with E-state index < -0.39 is 28.3 Å². The highest BCUT2D eigenvalue weighted by Crippen LogP contribution is 2.22. The van der Waals surface area contributed by atoms with Gasteiger partial charge in [0, 0.05) is 22.2 Å². The van der Waals surface area contributed by atoms with Crippen molar-refractivity contribution in [3.63, 3.8) is 0 Å². The average Bonchev–Trinajstić information content (AvgIpc) is 2.75. The quantitative estimate of drug-likeness (QED) is 0.467. The lowest BCUT2D eigenvalue weighted by Crippen LogP contribution is -2.41. The van der Waals surface area contributed by atoms with E-state index in [9.17, 15) is 17.6 Å². The van der Waals surface area contributed by atoms with Crippen molar-refractivity contribution in [1.82, 2.24) is 9.62 Å². The number of sulfonamides is 1. The molecule has 0 radical (unpaired) electrons. The van der Waals surface area contributed by atoms with Gasteiger partial charge in [0.05, 0.1) is 17.5 Å². The molecule has 1 N–H and O–H groups in total. The third-order valence-electron chi connectivity index (χ3n) is 4.82. The Balaban J connectivity index is 1.84. The maximum atomic E-state index is 14.2. The van der Waals surface area contributed by atoms with Crippen LogP contribution in [0.4, 0.5) is 4.39 Å². The van der Waals surface area contributed by atoms with Crippen molar-refractivity contribution in [3.05, 3.63) is 99.8 Å². The Kier molecular flexibility index (Phi) is 7.90. The zero-order valence-corrected chi connectivity index (χ0v) is 19.5. The lowest BCUT2D eigenvalue weighted by atomic mass is 10.1. The SMILES string of the molecule is C[C@H](NC(=O)CN(Cc1ccccc1F)S(=O)(=O)c1ccc(Cl)cc1)c1ccc(Cl)cc1. The van der Waals surface area contributed by atoms with Gasteiger partial charge in [-0.05, 0) is 55.0 Å².